The van der Waals surface area contributed by atoms with Crippen molar-refractivity contribution in [1.29, 1.82) is 0 Å². The Morgan fingerprint density at radius 1 is 1.14 bits per heavy atom. The molecular formula is C18H32N2O. The molecule has 3 nitrogen and oxygen atoms in total. The van der Waals surface area contributed by atoms with Crippen molar-refractivity contribution in [3.05, 3.63) is 0 Å². The first-order valence-corrected chi connectivity index (χ1v) is 9.29. The molecule has 0 aromatic carbocycles. The fourth-order valence-corrected chi connectivity index (χ4v) is 4.87. The smallest absolute Gasteiger partial charge is 0.241 e. The van der Waals surface area contributed by atoms with Gasteiger partial charge in [0.05, 0.1) is 12.2 Å². The fourth-order valence-electron chi connectivity index (χ4n) is 4.87. The molecule has 3 heteroatoms. The molecule has 1 heterocycles. The van der Waals surface area contributed by atoms with Gasteiger partial charge in [0.25, 0.3) is 0 Å². The number of rotatable bonds is 4. The molecule has 1 aliphatic heterocycles. The first-order chi connectivity index (χ1) is 10.2. The minimum atomic E-state index is 0.0952. The zero-order valence-electron chi connectivity index (χ0n) is 13.8. The maximum atomic E-state index is 12.9. The van der Waals surface area contributed by atoms with Crippen LogP contribution in [0.25, 0.3) is 0 Å². The number of nitrogens with one attached hydrogen (secondary N) is 1. The molecule has 4 atom stereocenters. The lowest BCUT2D eigenvalue weighted by Gasteiger charge is -2.39. The number of hydrogen-bond donors (Lipinski definition) is 1. The second-order valence-electron chi connectivity index (χ2n) is 7.67. The van der Waals surface area contributed by atoms with Crippen molar-refractivity contribution >= 4 is 5.91 Å². The summed E-state index contributed by atoms with van der Waals surface area (Å²) in [6, 6.07) is 0.596. The quantitative estimate of drug-likeness (QED) is 0.857. The molecule has 0 radical (unpaired) electrons. The van der Waals surface area contributed by atoms with Crippen LogP contribution in [0.3, 0.4) is 0 Å². The van der Waals surface area contributed by atoms with Gasteiger partial charge in [-0.15, -0.1) is 0 Å². The largest absolute Gasteiger partial charge is 0.323 e. The predicted octanol–water partition coefficient (Wildman–Crippen LogP) is 3.68. The molecule has 2 saturated carbocycles. The van der Waals surface area contributed by atoms with Gasteiger partial charge in [-0.2, -0.15) is 0 Å². The van der Waals surface area contributed by atoms with E-state index >= 15 is 0 Å². The van der Waals surface area contributed by atoms with Gasteiger partial charge in [0.15, 0.2) is 0 Å². The van der Waals surface area contributed by atoms with Gasteiger partial charge in [0.2, 0.25) is 5.91 Å². The Morgan fingerprint density at radius 2 is 1.90 bits per heavy atom. The molecule has 0 aromatic rings. The number of nitrogens with zero attached hydrogens (tertiary/aromatic N) is 1. The number of hydrogen-bond acceptors (Lipinski definition) is 2. The van der Waals surface area contributed by atoms with Gasteiger partial charge >= 0.3 is 0 Å². The minimum absolute atomic E-state index is 0.0952. The van der Waals surface area contributed by atoms with E-state index < -0.39 is 0 Å². The number of amides is 1. The summed E-state index contributed by atoms with van der Waals surface area (Å²) >= 11 is 0. The van der Waals surface area contributed by atoms with E-state index in [0.717, 1.165) is 18.8 Å². The summed E-state index contributed by atoms with van der Waals surface area (Å²) in [6.07, 6.45) is 12.8. The molecule has 3 aliphatic rings. The van der Waals surface area contributed by atoms with Crippen molar-refractivity contribution in [1.82, 2.24) is 10.2 Å². The molecule has 1 saturated heterocycles. The minimum Gasteiger partial charge on any atom is -0.323 e. The van der Waals surface area contributed by atoms with Crippen LogP contribution in [0, 0.1) is 11.8 Å². The van der Waals surface area contributed by atoms with Crippen LogP contribution < -0.4 is 5.32 Å². The van der Waals surface area contributed by atoms with E-state index in [1.165, 1.54) is 51.4 Å². The molecular weight excluding hydrogens is 260 g/mol. The van der Waals surface area contributed by atoms with Crippen LogP contribution >= 0.6 is 0 Å². The molecule has 120 valence electrons. The predicted molar refractivity (Wildman–Crippen MR) is 85.8 cm³/mol. The Labute approximate surface area is 129 Å². The van der Waals surface area contributed by atoms with E-state index in [-0.39, 0.29) is 6.04 Å². The SMILES string of the molecule is CCCC1NC(C2CCCC2)N(C2CCCC(C)C2)C1=O. The fraction of sp³-hybridized carbons (Fsp3) is 0.944. The highest BCUT2D eigenvalue weighted by Gasteiger charge is 2.46. The molecule has 4 unspecified atom stereocenters. The van der Waals surface area contributed by atoms with Crippen LogP contribution in [0.4, 0.5) is 0 Å². The topological polar surface area (TPSA) is 32.3 Å². The van der Waals surface area contributed by atoms with Crippen molar-refractivity contribution in [2.75, 3.05) is 0 Å². The van der Waals surface area contributed by atoms with Crippen molar-refractivity contribution < 1.29 is 4.79 Å². The normalized spacial score (nSPS) is 38.4. The molecule has 0 spiro atoms. The van der Waals surface area contributed by atoms with E-state index in [1.807, 2.05) is 0 Å². The van der Waals surface area contributed by atoms with Crippen LogP contribution in [0.15, 0.2) is 0 Å². The van der Waals surface area contributed by atoms with E-state index in [4.69, 9.17) is 0 Å². The molecule has 21 heavy (non-hydrogen) atoms. The summed E-state index contributed by atoms with van der Waals surface area (Å²) in [4.78, 5) is 15.2. The third-order valence-corrected chi connectivity index (χ3v) is 5.95. The average Bonchev–Trinajstić information content (AvgIpc) is 3.08. The third-order valence-electron chi connectivity index (χ3n) is 5.95. The summed E-state index contributed by atoms with van der Waals surface area (Å²) in [7, 11) is 0. The molecule has 2 aliphatic carbocycles. The Balaban J connectivity index is 1.76. The van der Waals surface area contributed by atoms with Crippen LogP contribution in [0.5, 0.6) is 0 Å². The standard InChI is InChI=1S/C18H32N2O/c1-3-7-16-18(21)20(15-11-6-8-13(2)12-15)17(19-16)14-9-4-5-10-14/h13-17,19H,3-12H2,1-2H3. The van der Waals surface area contributed by atoms with E-state index in [1.54, 1.807) is 0 Å². The Hall–Kier alpha value is -0.570. The van der Waals surface area contributed by atoms with Crippen molar-refractivity contribution in [2.24, 2.45) is 11.8 Å². The molecule has 0 bridgehead atoms. The van der Waals surface area contributed by atoms with Crippen LogP contribution in [-0.2, 0) is 4.79 Å². The summed E-state index contributed by atoms with van der Waals surface area (Å²) in [5.41, 5.74) is 0. The highest BCUT2D eigenvalue weighted by molar-refractivity contribution is 5.84. The van der Waals surface area contributed by atoms with Crippen LogP contribution in [-0.4, -0.2) is 29.1 Å². The maximum Gasteiger partial charge on any atom is 0.241 e. The van der Waals surface area contributed by atoms with Gasteiger partial charge < -0.3 is 4.90 Å². The lowest BCUT2D eigenvalue weighted by molar-refractivity contribution is -0.134. The second kappa shape index (κ2) is 6.68. The van der Waals surface area contributed by atoms with Gasteiger partial charge in [-0.05, 0) is 43.9 Å². The Bertz CT molecular complexity index is 364. The highest BCUT2D eigenvalue weighted by Crippen LogP contribution is 2.37. The summed E-state index contributed by atoms with van der Waals surface area (Å²) in [5.74, 6) is 1.90. The van der Waals surface area contributed by atoms with Crippen LogP contribution in [0.2, 0.25) is 0 Å². The number of carbonyl (C=O) groups excluding carboxylic acids is 1. The van der Waals surface area contributed by atoms with E-state index in [9.17, 15) is 4.79 Å². The molecule has 1 amide bonds. The second-order valence-corrected chi connectivity index (χ2v) is 7.67. The van der Waals surface area contributed by atoms with Crippen molar-refractivity contribution in [3.8, 4) is 0 Å². The summed E-state index contributed by atoms with van der Waals surface area (Å²) in [5, 5.41) is 3.72. The summed E-state index contributed by atoms with van der Waals surface area (Å²) < 4.78 is 0. The van der Waals surface area contributed by atoms with Gasteiger partial charge in [0.1, 0.15) is 0 Å². The monoisotopic (exact) mass is 292 g/mol. The Kier molecular flexibility index (Phi) is 4.88. The highest BCUT2D eigenvalue weighted by atomic mass is 16.2. The zero-order chi connectivity index (χ0) is 14.8. The van der Waals surface area contributed by atoms with Gasteiger partial charge in [0, 0.05) is 6.04 Å². The van der Waals surface area contributed by atoms with E-state index in [0.29, 0.717) is 24.0 Å². The van der Waals surface area contributed by atoms with Crippen molar-refractivity contribution in [2.45, 2.75) is 96.3 Å². The van der Waals surface area contributed by atoms with Gasteiger partial charge in [-0.1, -0.05) is 46.0 Å². The lowest BCUT2D eigenvalue weighted by atomic mass is 9.85. The van der Waals surface area contributed by atoms with Crippen molar-refractivity contribution in [3.63, 3.8) is 0 Å². The molecule has 3 rings (SSSR count). The van der Waals surface area contributed by atoms with E-state index in [2.05, 4.69) is 24.1 Å². The lowest BCUT2D eigenvalue weighted by Crippen LogP contribution is -2.49. The van der Waals surface area contributed by atoms with Gasteiger partial charge in [-0.25, -0.2) is 0 Å². The van der Waals surface area contributed by atoms with Crippen LogP contribution in [0.1, 0.15) is 78.1 Å². The van der Waals surface area contributed by atoms with Gasteiger partial charge in [-0.3, -0.25) is 10.1 Å². The summed E-state index contributed by atoms with van der Waals surface area (Å²) in [6.45, 7) is 4.54. The first-order valence-electron chi connectivity index (χ1n) is 9.29. The average molecular weight is 292 g/mol. The third kappa shape index (κ3) is 3.13. The maximum absolute atomic E-state index is 12.9. The molecule has 3 fully saturated rings. The molecule has 1 N–H and O–H groups in total. The molecule has 0 aromatic heterocycles. The Morgan fingerprint density at radius 3 is 2.57 bits per heavy atom. The first kappa shape index (κ1) is 15.3. The zero-order valence-corrected chi connectivity index (χ0v) is 13.8. The number of carbonyl (C=O) groups is 1.